The van der Waals surface area contributed by atoms with E-state index in [1.807, 2.05) is 0 Å². The molecule has 34 heavy (non-hydrogen) atoms. The smallest absolute Gasteiger partial charge is 0.308 e. The summed E-state index contributed by atoms with van der Waals surface area (Å²) in [5.74, 6) is -0.881. The maximum absolute atomic E-state index is 12.8. The molecule has 0 bridgehead atoms. The van der Waals surface area contributed by atoms with Crippen LogP contribution in [0.4, 0.5) is 0 Å². The summed E-state index contributed by atoms with van der Waals surface area (Å²) in [5, 5.41) is 3.72. The summed E-state index contributed by atoms with van der Waals surface area (Å²) in [5.41, 5.74) is 1.21. The van der Waals surface area contributed by atoms with Gasteiger partial charge in [0.05, 0.1) is 0 Å². The molecule has 0 saturated carbocycles. The van der Waals surface area contributed by atoms with Crippen LogP contribution in [0.25, 0.3) is 38.4 Å². The minimum Gasteiger partial charge on any atom is -0.427 e. The van der Waals surface area contributed by atoms with Crippen molar-refractivity contribution >= 4 is 62.1 Å². The lowest BCUT2D eigenvalue weighted by molar-refractivity contribution is -0.132. The van der Waals surface area contributed by atoms with Gasteiger partial charge in [-0.05, 0) is 52.7 Å². The predicted octanol–water partition coefficient (Wildman–Crippen LogP) is 5.13. The Balaban J connectivity index is 2.01. The molecule has 7 heteroatoms. The first-order valence-electron chi connectivity index (χ1n) is 10.5. The fourth-order valence-electron chi connectivity index (χ4n) is 4.44. The average Bonchev–Trinajstić information content (AvgIpc) is 2.76. The van der Waals surface area contributed by atoms with Gasteiger partial charge < -0.3 is 14.2 Å². The van der Waals surface area contributed by atoms with Crippen LogP contribution in [0.5, 0.6) is 17.2 Å². The van der Waals surface area contributed by atoms with E-state index in [9.17, 15) is 19.2 Å². The summed E-state index contributed by atoms with van der Waals surface area (Å²) >= 11 is 0. The first kappa shape index (κ1) is 21.3. The molecule has 4 aromatic carbocycles. The van der Waals surface area contributed by atoms with Gasteiger partial charge in [0, 0.05) is 47.9 Å². The standard InChI is InChI=1S/C27H18O7/c1-13(28)32-18-6-7-19-17(10-18)11-24(34-15(3)30)21-12-20-22(31)8-4-16-5-9-23(33-14(2)29)27(25(16)20)26(19)21/h4-12H,1-3H3. The lowest BCUT2D eigenvalue weighted by Gasteiger charge is -2.20. The van der Waals surface area contributed by atoms with E-state index in [1.54, 1.807) is 48.5 Å². The SMILES string of the molecule is CC(=O)Oc1ccc2c(c1)cc(OC(C)=O)c1cc3c4c(ccc(OC(C)=O)c4c12)C=CC3=O. The summed E-state index contributed by atoms with van der Waals surface area (Å²) in [6.07, 6.45) is 3.20. The molecule has 7 nitrogen and oxygen atoms in total. The zero-order valence-electron chi connectivity index (χ0n) is 18.6. The third-order valence-corrected chi connectivity index (χ3v) is 5.57. The number of ether oxygens (including phenoxy) is 3. The predicted molar refractivity (Wildman–Crippen MR) is 126 cm³/mol. The molecular formula is C27H18O7. The Morgan fingerprint density at radius 1 is 0.647 bits per heavy atom. The van der Waals surface area contributed by atoms with Gasteiger partial charge >= 0.3 is 17.9 Å². The Kier molecular flexibility index (Phi) is 4.90. The highest BCUT2D eigenvalue weighted by molar-refractivity contribution is 6.31. The van der Waals surface area contributed by atoms with Crippen LogP contribution in [0.1, 0.15) is 36.7 Å². The van der Waals surface area contributed by atoms with Gasteiger partial charge in [0.15, 0.2) is 5.78 Å². The number of carbonyl (C=O) groups is 4. The van der Waals surface area contributed by atoms with E-state index in [2.05, 4.69) is 0 Å². The van der Waals surface area contributed by atoms with Gasteiger partial charge in [0.25, 0.3) is 0 Å². The molecule has 0 heterocycles. The normalized spacial score (nSPS) is 12.3. The van der Waals surface area contributed by atoms with Crippen molar-refractivity contribution in [3.8, 4) is 17.2 Å². The Morgan fingerprint density at radius 3 is 2.06 bits per heavy atom. The number of benzene rings is 4. The minimum absolute atomic E-state index is 0.210. The van der Waals surface area contributed by atoms with Gasteiger partial charge in [-0.2, -0.15) is 0 Å². The molecular weight excluding hydrogens is 436 g/mol. The maximum Gasteiger partial charge on any atom is 0.308 e. The molecule has 168 valence electrons. The molecule has 0 fully saturated rings. The van der Waals surface area contributed by atoms with Crippen LogP contribution < -0.4 is 14.2 Å². The molecule has 0 saturated heterocycles. The van der Waals surface area contributed by atoms with Crippen LogP contribution in [0, 0.1) is 0 Å². The number of hydrogen-bond acceptors (Lipinski definition) is 7. The Labute approximate surface area is 193 Å². The van der Waals surface area contributed by atoms with Crippen LogP contribution in [0.2, 0.25) is 0 Å². The first-order chi connectivity index (χ1) is 16.2. The molecule has 0 radical (unpaired) electrons. The number of rotatable bonds is 3. The summed E-state index contributed by atoms with van der Waals surface area (Å²) < 4.78 is 16.3. The lowest BCUT2D eigenvalue weighted by Crippen LogP contribution is -2.07. The van der Waals surface area contributed by atoms with E-state index in [4.69, 9.17) is 14.2 Å². The highest BCUT2D eigenvalue weighted by Gasteiger charge is 2.24. The van der Waals surface area contributed by atoms with Crippen molar-refractivity contribution < 1.29 is 33.4 Å². The van der Waals surface area contributed by atoms with E-state index in [0.29, 0.717) is 38.2 Å². The van der Waals surface area contributed by atoms with Crippen molar-refractivity contribution in [2.45, 2.75) is 20.8 Å². The van der Waals surface area contributed by atoms with Gasteiger partial charge in [0.2, 0.25) is 0 Å². The van der Waals surface area contributed by atoms with E-state index in [1.165, 1.54) is 26.8 Å². The molecule has 0 unspecified atom stereocenters. The summed E-state index contributed by atoms with van der Waals surface area (Å²) in [6.45, 7) is 3.89. The Hall–Kier alpha value is -4.52. The van der Waals surface area contributed by atoms with Gasteiger partial charge in [-0.1, -0.05) is 18.2 Å². The second-order valence-electron chi connectivity index (χ2n) is 7.99. The van der Waals surface area contributed by atoms with E-state index in [0.717, 1.165) is 10.9 Å². The van der Waals surface area contributed by atoms with Crippen molar-refractivity contribution in [3.63, 3.8) is 0 Å². The molecule has 1 aliphatic carbocycles. The first-order valence-corrected chi connectivity index (χ1v) is 10.5. The van der Waals surface area contributed by atoms with E-state index < -0.39 is 17.9 Å². The van der Waals surface area contributed by atoms with Gasteiger partial charge in [-0.3, -0.25) is 19.2 Å². The third kappa shape index (κ3) is 3.47. The van der Waals surface area contributed by atoms with E-state index in [-0.39, 0.29) is 17.3 Å². The molecule has 0 aliphatic heterocycles. The molecule has 5 rings (SSSR count). The third-order valence-electron chi connectivity index (χ3n) is 5.57. The fourth-order valence-corrected chi connectivity index (χ4v) is 4.44. The number of allylic oxidation sites excluding steroid dienone is 1. The zero-order chi connectivity index (χ0) is 24.1. The molecule has 0 aromatic heterocycles. The minimum atomic E-state index is -0.536. The second kappa shape index (κ2) is 7.81. The fraction of sp³-hybridized carbons (Fsp3) is 0.111. The van der Waals surface area contributed by atoms with Crippen molar-refractivity contribution in [2.24, 2.45) is 0 Å². The monoisotopic (exact) mass is 454 g/mol. The van der Waals surface area contributed by atoms with Gasteiger partial charge in [-0.15, -0.1) is 0 Å². The van der Waals surface area contributed by atoms with Crippen LogP contribution in [-0.2, 0) is 14.4 Å². The molecule has 0 N–H and O–H groups in total. The second-order valence-corrected chi connectivity index (χ2v) is 7.99. The zero-order valence-corrected chi connectivity index (χ0v) is 18.6. The molecule has 0 amide bonds. The Bertz CT molecular complexity index is 1630. The van der Waals surface area contributed by atoms with E-state index >= 15 is 0 Å². The summed E-state index contributed by atoms with van der Waals surface area (Å²) in [4.78, 5) is 48.1. The van der Waals surface area contributed by atoms with Crippen molar-refractivity contribution in [2.75, 3.05) is 0 Å². The highest BCUT2D eigenvalue weighted by atomic mass is 16.5. The lowest BCUT2D eigenvalue weighted by atomic mass is 9.86. The van der Waals surface area contributed by atoms with Crippen LogP contribution in [0.15, 0.2) is 48.5 Å². The summed E-state index contributed by atoms with van der Waals surface area (Å²) in [6, 6.07) is 11.9. The highest BCUT2D eigenvalue weighted by Crippen LogP contribution is 2.46. The molecule has 4 aromatic rings. The van der Waals surface area contributed by atoms with Crippen LogP contribution in [0.3, 0.4) is 0 Å². The maximum atomic E-state index is 12.8. The number of hydrogen-bond donors (Lipinski definition) is 0. The van der Waals surface area contributed by atoms with Gasteiger partial charge in [-0.25, -0.2) is 0 Å². The Morgan fingerprint density at radius 2 is 1.35 bits per heavy atom. The van der Waals surface area contributed by atoms with Crippen LogP contribution >= 0.6 is 0 Å². The van der Waals surface area contributed by atoms with Gasteiger partial charge in [0.1, 0.15) is 17.2 Å². The number of fused-ring (bicyclic) bond motifs is 4. The number of esters is 3. The van der Waals surface area contributed by atoms with Crippen molar-refractivity contribution in [1.82, 2.24) is 0 Å². The quantitative estimate of drug-likeness (QED) is 0.240. The topological polar surface area (TPSA) is 96.0 Å². The average molecular weight is 454 g/mol. The number of carbonyl (C=O) groups excluding carboxylic acids is 4. The number of ketones is 1. The summed E-state index contributed by atoms with van der Waals surface area (Å²) in [7, 11) is 0. The van der Waals surface area contributed by atoms with Crippen molar-refractivity contribution in [3.05, 3.63) is 59.7 Å². The van der Waals surface area contributed by atoms with Crippen molar-refractivity contribution in [1.29, 1.82) is 0 Å². The molecule has 0 atom stereocenters. The largest absolute Gasteiger partial charge is 0.427 e. The molecule has 1 aliphatic rings. The van der Waals surface area contributed by atoms with Crippen LogP contribution in [-0.4, -0.2) is 23.7 Å². The molecule has 0 spiro atoms.